The molecule has 2 aliphatic rings. The number of ketones is 2. The van der Waals surface area contributed by atoms with E-state index in [9.17, 15) is 14.7 Å². The number of phenolic OH excluding ortho intramolecular Hbond substituents is 1. The van der Waals surface area contributed by atoms with Crippen LogP contribution in [0.5, 0.6) is 5.75 Å². The van der Waals surface area contributed by atoms with Crippen LogP contribution >= 0.6 is 23.4 Å². The molecule has 26 heavy (non-hydrogen) atoms. The summed E-state index contributed by atoms with van der Waals surface area (Å²) in [6.45, 7) is 0. The molecule has 1 aliphatic carbocycles. The molecule has 0 radical (unpaired) electrons. The van der Waals surface area contributed by atoms with Crippen molar-refractivity contribution in [3.8, 4) is 5.75 Å². The Morgan fingerprint density at radius 2 is 2.04 bits per heavy atom. The van der Waals surface area contributed by atoms with Crippen LogP contribution in [0, 0.1) is 5.92 Å². The first-order valence-corrected chi connectivity index (χ1v) is 9.89. The maximum atomic E-state index is 13.1. The molecule has 1 N–H and O–H groups in total. The molecule has 1 aliphatic heterocycles. The molecular weight excluding hydrogens is 374 g/mol. The van der Waals surface area contributed by atoms with Crippen LogP contribution in [0.2, 0.25) is 5.02 Å². The number of carbonyl (C=O) groups excluding carboxylic acids is 2. The Morgan fingerprint density at radius 3 is 2.62 bits per heavy atom. The zero-order chi connectivity index (χ0) is 19.0. The van der Waals surface area contributed by atoms with Crippen LogP contribution in [-0.2, 0) is 9.53 Å². The first-order chi connectivity index (χ1) is 12.3. The topological polar surface area (TPSA) is 66.8 Å². The number of phenols is 1. The van der Waals surface area contributed by atoms with E-state index < -0.39 is 5.78 Å². The third kappa shape index (κ3) is 3.63. The second-order valence-corrected chi connectivity index (χ2v) is 8.32. The van der Waals surface area contributed by atoms with Crippen molar-refractivity contribution >= 4 is 34.9 Å². The molecule has 0 aromatic heterocycles. The van der Waals surface area contributed by atoms with Gasteiger partial charge >= 0.3 is 0 Å². The molecule has 0 spiro atoms. The van der Waals surface area contributed by atoms with Crippen molar-refractivity contribution in [1.82, 2.24) is 4.90 Å². The van der Waals surface area contributed by atoms with E-state index in [-0.39, 0.29) is 39.7 Å². The Hall–Kier alpha value is -1.50. The van der Waals surface area contributed by atoms with Crippen molar-refractivity contribution in [1.29, 1.82) is 0 Å². The van der Waals surface area contributed by atoms with Crippen LogP contribution in [0.15, 0.2) is 22.7 Å². The van der Waals surface area contributed by atoms with E-state index in [0.717, 1.165) is 25.0 Å². The fourth-order valence-electron chi connectivity index (χ4n) is 3.10. The molecule has 1 aromatic rings. The maximum Gasteiger partial charge on any atom is 0.199 e. The van der Waals surface area contributed by atoms with E-state index in [0.29, 0.717) is 10.5 Å². The molecule has 1 aromatic carbocycles. The Balaban J connectivity index is 2.09. The molecule has 0 amide bonds. The van der Waals surface area contributed by atoms with Gasteiger partial charge in [-0.25, -0.2) is 0 Å². The summed E-state index contributed by atoms with van der Waals surface area (Å²) in [5, 5.41) is 10.7. The molecule has 3 rings (SSSR count). The first kappa shape index (κ1) is 19.3. The van der Waals surface area contributed by atoms with Gasteiger partial charge in [-0.3, -0.25) is 9.59 Å². The highest BCUT2D eigenvalue weighted by atomic mass is 35.5. The lowest BCUT2D eigenvalue weighted by molar-refractivity contribution is -0.116. The highest BCUT2D eigenvalue weighted by Gasteiger charge is 2.37. The van der Waals surface area contributed by atoms with Gasteiger partial charge in [0.1, 0.15) is 5.75 Å². The number of hydrogen-bond acceptors (Lipinski definition) is 6. The number of hydrogen-bond donors (Lipinski definition) is 1. The lowest BCUT2D eigenvalue weighted by Crippen LogP contribution is -2.20. The van der Waals surface area contributed by atoms with Crippen LogP contribution in [0.3, 0.4) is 0 Å². The summed E-state index contributed by atoms with van der Waals surface area (Å²) in [5.74, 6) is 0.105. The van der Waals surface area contributed by atoms with Crippen molar-refractivity contribution in [3.63, 3.8) is 0 Å². The van der Waals surface area contributed by atoms with Crippen LogP contribution in [0.25, 0.3) is 0 Å². The summed E-state index contributed by atoms with van der Waals surface area (Å²) < 4.78 is 5.50. The van der Waals surface area contributed by atoms with Crippen molar-refractivity contribution in [3.05, 3.63) is 34.0 Å². The standard InChI is InChI=1S/C19H22ClNO4S/c1-21(2)9-12(17(23)10-4-5-10)18(24)11-8-13(22)19-15(16(11)20)14(25-3)6-7-26-19/h8-10,14,22H,4-7H2,1-3H3/b12-9+. The van der Waals surface area contributed by atoms with Crippen molar-refractivity contribution in [2.75, 3.05) is 27.0 Å². The quantitative estimate of drug-likeness (QED) is 0.341. The van der Waals surface area contributed by atoms with Crippen molar-refractivity contribution < 1.29 is 19.4 Å². The van der Waals surface area contributed by atoms with Crippen LogP contribution in [-0.4, -0.2) is 48.5 Å². The van der Waals surface area contributed by atoms with Crippen molar-refractivity contribution in [2.45, 2.75) is 30.3 Å². The molecule has 1 heterocycles. The zero-order valence-electron chi connectivity index (χ0n) is 15.0. The Bertz CT molecular complexity index is 786. The number of thioether (sulfide) groups is 1. The fourth-order valence-corrected chi connectivity index (χ4v) is 4.65. The number of methoxy groups -OCH3 is 1. The number of aromatic hydroxyl groups is 1. The lowest BCUT2D eigenvalue weighted by Gasteiger charge is -2.26. The monoisotopic (exact) mass is 395 g/mol. The second kappa shape index (κ2) is 7.62. The molecule has 0 bridgehead atoms. The molecule has 1 saturated carbocycles. The number of ether oxygens (including phenoxy) is 1. The lowest BCUT2D eigenvalue weighted by atomic mass is 9.94. The Morgan fingerprint density at radius 1 is 1.35 bits per heavy atom. The van der Waals surface area contributed by atoms with E-state index >= 15 is 0 Å². The third-order valence-electron chi connectivity index (χ3n) is 4.55. The molecule has 1 unspecified atom stereocenters. The molecule has 140 valence electrons. The zero-order valence-corrected chi connectivity index (χ0v) is 16.6. The van der Waals surface area contributed by atoms with E-state index in [1.807, 2.05) is 0 Å². The number of rotatable bonds is 6. The first-order valence-electron chi connectivity index (χ1n) is 8.53. The number of fused-ring (bicyclic) bond motifs is 1. The van der Waals surface area contributed by atoms with Crippen LogP contribution in [0.1, 0.15) is 41.3 Å². The second-order valence-electron chi connectivity index (χ2n) is 6.84. The van der Waals surface area contributed by atoms with Gasteiger partial charge in [0, 0.05) is 50.2 Å². The molecule has 7 heteroatoms. The van der Waals surface area contributed by atoms with Gasteiger partial charge in [-0.05, 0) is 25.3 Å². The molecule has 5 nitrogen and oxygen atoms in total. The van der Waals surface area contributed by atoms with Gasteiger partial charge in [-0.2, -0.15) is 0 Å². The Labute approximate surface area is 162 Å². The van der Waals surface area contributed by atoms with E-state index in [4.69, 9.17) is 16.3 Å². The SMILES string of the molecule is COC1CCSc2c(O)cc(C(=O)/C(=C/N(C)C)C(=O)C3CC3)c(Cl)c21. The van der Waals surface area contributed by atoms with Gasteiger partial charge in [0.2, 0.25) is 0 Å². The maximum absolute atomic E-state index is 13.1. The summed E-state index contributed by atoms with van der Waals surface area (Å²) in [5.41, 5.74) is 0.891. The number of halogens is 1. The minimum absolute atomic E-state index is 0.00238. The van der Waals surface area contributed by atoms with Crippen molar-refractivity contribution in [2.24, 2.45) is 5.92 Å². The van der Waals surface area contributed by atoms with Gasteiger partial charge in [0.15, 0.2) is 11.6 Å². The highest BCUT2D eigenvalue weighted by Crippen LogP contribution is 2.48. The molecule has 1 fully saturated rings. The largest absolute Gasteiger partial charge is 0.507 e. The van der Waals surface area contributed by atoms with Gasteiger partial charge in [-0.1, -0.05) is 11.6 Å². The molecular formula is C19H22ClNO4S. The van der Waals surface area contributed by atoms with Gasteiger partial charge in [-0.15, -0.1) is 11.8 Å². The van der Waals surface area contributed by atoms with Gasteiger partial charge in [0.05, 0.1) is 21.6 Å². The highest BCUT2D eigenvalue weighted by molar-refractivity contribution is 7.99. The average Bonchev–Trinajstić information content (AvgIpc) is 3.46. The molecule has 1 atom stereocenters. The van der Waals surface area contributed by atoms with E-state index in [1.54, 1.807) is 32.3 Å². The number of benzene rings is 1. The molecule has 0 saturated heterocycles. The number of nitrogens with zero attached hydrogens (tertiary/aromatic N) is 1. The minimum atomic E-state index is -0.455. The predicted molar refractivity (Wildman–Crippen MR) is 102 cm³/mol. The predicted octanol–water partition coefficient (Wildman–Crippen LogP) is 3.84. The summed E-state index contributed by atoms with van der Waals surface area (Å²) in [6, 6.07) is 1.37. The summed E-state index contributed by atoms with van der Waals surface area (Å²) >= 11 is 8.06. The normalized spacial score (nSPS) is 19.8. The van der Waals surface area contributed by atoms with Gasteiger partial charge < -0.3 is 14.7 Å². The number of Topliss-reactive ketones (excluding diaryl/α,β-unsaturated/α-hetero) is 2. The summed E-state index contributed by atoms with van der Waals surface area (Å²) in [4.78, 5) is 28.1. The van der Waals surface area contributed by atoms with Gasteiger partial charge in [0.25, 0.3) is 0 Å². The number of allylic oxidation sites excluding steroid dienone is 1. The average molecular weight is 396 g/mol. The van der Waals surface area contributed by atoms with E-state index in [1.165, 1.54) is 17.8 Å². The Kier molecular flexibility index (Phi) is 5.65. The fraction of sp³-hybridized carbons (Fsp3) is 0.474. The summed E-state index contributed by atoms with van der Waals surface area (Å²) in [7, 11) is 5.11. The number of carbonyl (C=O) groups is 2. The third-order valence-corrected chi connectivity index (χ3v) is 6.12. The summed E-state index contributed by atoms with van der Waals surface area (Å²) in [6.07, 6.45) is 3.62. The van der Waals surface area contributed by atoms with Crippen LogP contribution in [0.4, 0.5) is 0 Å². The minimum Gasteiger partial charge on any atom is -0.507 e. The van der Waals surface area contributed by atoms with E-state index in [2.05, 4.69) is 0 Å². The smallest absolute Gasteiger partial charge is 0.199 e. The van der Waals surface area contributed by atoms with Crippen LogP contribution < -0.4 is 0 Å².